The Bertz CT molecular complexity index is 2820. The zero-order chi connectivity index (χ0) is 44.6. The van der Waals surface area contributed by atoms with Gasteiger partial charge in [-0.3, -0.25) is 0 Å². The van der Waals surface area contributed by atoms with E-state index in [4.69, 9.17) is 23.4 Å². The van der Waals surface area contributed by atoms with E-state index in [0.29, 0.717) is 11.5 Å². The number of hydrogen-bond acceptors (Lipinski definition) is 7. The number of benzene rings is 5. The molecule has 64 heavy (non-hydrogen) atoms. The third kappa shape index (κ3) is 8.94. The maximum absolute atomic E-state index is 6.64. The summed E-state index contributed by atoms with van der Waals surface area (Å²) in [6, 6.07) is 45.1. The van der Waals surface area contributed by atoms with Gasteiger partial charge in [-0.2, -0.15) is 12.1 Å². The van der Waals surface area contributed by atoms with Gasteiger partial charge in [0.2, 0.25) is 0 Å². The van der Waals surface area contributed by atoms with Crippen molar-refractivity contribution in [3.05, 3.63) is 145 Å². The minimum Gasteiger partial charge on any atom is -0.509 e. The van der Waals surface area contributed by atoms with E-state index in [9.17, 15) is 0 Å². The Balaban J connectivity index is 0.00000560. The zero-order valence-corrected chi connectivity index (χ0v) is 41.3. The van der Waals surface area contributed by atoms with Crippen LogP contribution < -0.4 is 20.0 Å². The van der Waals surface area contributed by atoms with Crippen molar-refractivity contribution in [2.75, 3.05) is 9.80 Å². The third-order valence-electron chi connectivity index (χ3n) is 11.8. The minimum atomic E-state index is -0.619. The molecule has 0 aliphatic carbocycles. The van der Waals surface area contributed by atoms with Gasteiger partial charge in [0.05, 0.1) is 0 Å². The normalized spacial score (nSPS) is 15.0. The summed E-state index contributed by atoms with van der Waals surface area (Å²) >= 11 is 0. The molecular formula is C52H56B3N4O4Pt-3. The van der Waals surface area contributed by atoms with Crippen LogP contribution >= 0.6 is 0 Å². The number of hydrogen-bond donors (Lipinski definition) is 0. The molecule has 4 heterocycles. The zero-order valence-electron chi connectivity index (χ0n) is 39.0. The van der Waals surface area contributed by atoms with Crippen LogP contribution in [-0.2, 0) is 45.6 Å². The summed E-state index contributed by atoms with van der Waals surface area (Å²) in [5, 5.41) is 1.70. The Morgan fingerprint density at radius 2 is 1.23 bits per heavy atom. The number of fused-ring (bicyclic) bond motifs is 4. The van der Waals surface area contributed by atoms with Crippen LogP contribution in [0.1, 0.15) is 94.2 Å². The van der Waals surface area contributed by atoms with Crippen LogP contribution in [0.15, 0.2) is 115 Å². The Kier molecular flexibility index (Phi) is 12.1. The second kappa shape index (κ2) is 16.9. The second-order valence-electron chi connectivity index (χ2n) is 21.1. The molecule has 0 atom stereocenters. The van der Waals surface area contributed by atoms with Gasteiger partial charge >= 0.3 is 21.4 Å². The van der Waals surface area contributed by atoms with Crippen LogP contribution in [0.2, 0.25) is 10.6 Å². The molecule has 2 aliphatic heterocycles. The van der Waals surface area contributed by atoms with Crippen molar-refractivity contribution >= 4 is 71.4 Å². The molecule has 2 aromatic heterocycles. The molecule has 1 fully saturated rings. The van der Waals surface area contributed by atoms with Gasteiger partial charge in [0.1, 0.15) is 5.82 Å². The van der Waals surface area contributed by atoms with Gasteiger partial charge in [-0.05, 0) is 85.9 Å². The number of ether oxygens (including phenoxy) is 1. The summed E-state index contributed by atoms with van der Waals surface area (Å²) in [7, 11) is -1.52. The van der Waals surface area contributed by atoms with Crippen molar-refractivity contribution in [2.45, 2.75) is 105 Å². The summed E-state index contributed by atoms with van der Waals surface area (Å²) < 4.78 is 28.5. The van der Waals surface area contributed by atoms with Gasteiger partial charge in [0, 0.05) is 61.3 Å². The van der Waals surface area contributed by atoms with Gasteiger partial charge in [-0.15, -0.1) is 48.1 Å². The average Bonchev–Trinajstić information content (AvgIpc) is 3.78. The fraction of sp³-hybridized carbons (Fsp3) is 0.308. The first-order valence-electron chi connectivity index (χ1n) is 22.0. The molecule has 330 valence electrons. The molecule has 0 bridgehead atoms. The molecule has 9 rings (SSSR count). The molecule has 0 saturated carbocycles. The summed E-state index contributed by atoms with van der Waals surface area (Å²) in [5.41, 5.74) is 9.02. The van der Waals surface area contributed by atoms with Crippen molar-refractivity contribution in [1.82, 2.24) is 9.55 Å². The van der Waals surface area contributed by atoms with Crippen molar-refractivity contribution in [2.24, 2.45) is 0 Å². The first-order valence-corrected chi connectivity index (χ1v) is 22.0. The van der Waals surface area contributed by atoms with Gasteiger partial charge in [0.25, 0.3) is 0 Å². The summed E-state index contributed by atoms with van der Waals surface area (Å²) in [4.78, 5) is 9.25. The number of rotatable bonds is 6. The molecule has 2 aliphatic rings. The van der Waals surface area contributed by atoms with Crippen molar-refractivity contribution < 1.29 is 39.5 Å². The van der Waals surface area contributed by atoms with Gasteiger partial charge in [0.15, 0.2) is 0 Å². The van der Waals surface area contributed by atoms with Gasteiger partial charge in [-0.25, -0.2) is 4.98 Å². The average molecular weight is 1030 g/mol. The Labute approximate surface area is 395 Å². The third-order valence-corrected chi connectivity index (χ3v) is 11.8. The van der Waals surface area contributed by atoms with E-state index in [1.807, 2.05) is 24.4 Å². The van der Waals surface area contributed by atoms with Crippen molar-refractivity contribution in [1.29, 1.82) is 0 Å². The van der Waals surface area contributed by atoms with Gasteiger partial charge in [-0.1, -0.05) is 125 Å². The largest absolute Gasteiger partial charge is 0.509 e. The molecular weight excluding hydrogens is 972 g/mol. The number of para-hydroxylation sites is 3. The van der Waals surface area contributed by atoms with E-state index in [0.717, 1.165) is 55.8 Å². The molecule has 1 saturated heterocycles. The maximum atomic E-state index is 6.64. The monoisotopic (exact) mass is 1030 g/mol. The molecule has 7 aromatic rings. The van der Waals surface area contributed by atoms with Crippen LogP contribution in [0.5, 0.6) is 11.5 Å². The van der Waals surface area contributed by atoms with Crippen LogP contribution in [-0.4, -0.2) is 30.9 Å². The number of aromatic nitrogens is 2. The Morgan fingerprint density at radius 1 is 0.594 bits per heavy atom. The molecule has 12 heteroatoms. The van der Waals surface area contributed by atoms with E-state index in [2.05, 4.69) is 207 Å². The second-order valence-corrected chi connectivity index (χ2v) is 21.1. The van der Waals surface area contributed by atoms with E-state index < -0.39 is 21.4 Å². The molecule has 0 N–H and O–H groups in total. The van der Waals surface area contributed by atoms with E-state index in [1.165, 1.54) is 11.1 Å². The van der Waals surface area contributed by atoms with E-state index in [-0.39, 0.29) is 42.5 Å². The molecule has 5 aromatic carbocycles. The summed E-state index contributed by atoms with van der Waals surface area (Å²) in [6.45, 7) is 28.3. The fourth-order valence-corrected chi connectivity index (χ4v) is 8.19. The number of nitrogens with zero attached hydrogens (tertiary/aromatic N) is 4. The standard InChI is InChI=1S/C52H56B3N4O4.Pt/c1-49(2,3)35-26-27-56-48(30-35)59-44-21-14-13-20-42(44)43-25-24-41(33-47(43)59)60-40-19-17-18-38(32-40)57-34-58(46-23-16-15-22-45(46)57)39-29-36(50(4,5)6)28-37(31-39)53-61-54(51(7,8)9)63-55(62-53)52(10,11)12;/h13-31,34H,1-12H3;/q-3;. The van der Waals surface area contributed by atoms with Crippen LogP contribution in [0.4, 0.5) is 22.7 Å². The van der Waals surface area contributed by atoms with E-state index in [1.54, 1.807) is 0 Å². The molecule has 0 spiro atoms. The fourth-order valence-electron chi connectivity index (χ4n) is 8.19. The predicted octanol–water partition coefficient (Wildman–Crippen LogP) is 12.9. The summed E-state index contributed by atoms with van der Waals surface area (Å²) in [6.07, 6.45) is 1.89. The van der Waals surface area contributed by atoms with Crippen LogP contribution in [0.25, 0.3) is 27.6 Å². The van der Waals surface area contributed by atoms with E-state index >= 15 is 0 Å². The first kappa shape index (κ1) is 45.8. The molecule has 0 amide bonds. The number of pyridine rings is 1. The Morgan fingerprint density at radius 3 is 1.91 bits per heavy atom. The first-order chi connectivity index (χ1) is 29.7. The van der Waals surface area contributed by atoms with Crippen LogP contribution in [0.3, 0.4) is 0 Å². The smallest absolute Gasteiger partial charge is 0.466 e. The molecule has 0 radical (unpaired) electrons. The van der Waals surface area contributed by atoms with Crippen molar-refractivity contribution in [3.8, 4) is 17.3 Å². The number of anilines is 4. The van der Waals surface area contributed by atoms with Crippen molar-refractivity contribution in [3.63, 3.8) is 0 Å². The molecule has 8 nitrogen and oxygen atoms in total. The maximum Gasteiger partial charge on any atom is 0.466 e. The SMILES string of the molecule is CC(C)(C)B1OB(c2cc(N3[CH-]N(c4[c-]c(Oc5[c-]c6c(cc5)c5ccccc5n6-c5cc(C(C)(C)C)ccn5)ccc4)c4ccccc43)cc(C(C)(C)C)c2)OB(C(C)(C)C)O1.[Pt]. The van der Waals surface area contributed by atoms with Gasteiger partial charge < -0.3 is 32.8 Å². The quantitative estimate of drug-likeness (QED) is 0.121. The topological polar surface area (TPSA) is 61.2 Å². The summed E-state index contributed by atoms with van der Waals surface area (Å²) in [5.74, 6) is 2.01. The Hall–Kier alpha value is -4.79. The van der Waals surface area contributed by atoms with Crippen LogP contribution in [0, 0.1) is 18.8 Å². The molecule has 0 unspecified atom stereocenters. The minimum absolute atomic E-state index is 0. The predicted molar refractivity (Wildman–Crippen MR) is 261 cm³/mol.